The predicted molar refractivity (Wildman–Crippen MR) is 92.4 cm³/mol. The van der Waals surface area contributed by atoms with Gasteiger partial charge in [0, 0.05) is 19.6 Å². The van der Waals surface area contributed by atoms with Gasteiger partial charge in [-0.25, -0.2) is 4.79 Å². The SMILES string of the molecule is C[C@@H](NC(=O)N1CCCC[C@H]1Cc1ccccc1)c1nncn1C. The zero-order valence-corrected chi connectivity index (χ0v) is 14.4. The number of benzene rings is 1. The molecule has 1 aliphatic heterocycles. The number of nitrogens with one attached hydrogen (secondary N) is 1. The Balaban J connectivity index is 1.66. The molecule has 1 aromatic carbocycles. The van der Waals surface area contributed by atoms with Crippen molar-refractivity contribution in [3.05, 3.63) is 48.0 Å². The molecular formula is C18H25N5O. The van der Waals surface area contributed by atoms with E-state index in [2.05, 4.69) is 39.8 Å². The number of likely N-dealkylation sites (tertiary alicyclic amines) is 1. The lowest BCUT2D eigenvalue weighted by atomic mass is 9.96. The fourth-order valence-electron chi connectivity index (χ4n) is 3.38. The second-order valence-corrected chi connectivity index (χ2v) is 6.50. The average Bonchev–Trinajstić information content (AvgIpc) is 3.02. The Labute approximate surface area is 142 Å². The number of nitrogens with zero attached hydrogens (tertiary/aromatic N) is 4. The number of rotatable bonds is 4. The average molecular weight is 327 g/mol. The van der Waals surface area contributed by atoms with Gasteiger partial charge in [-0.1, -0.05) is 30.3 Å². The molecule has 1 saturated heterocycles. The lowest BCUT2D eigenvalue weighted by molar-refractivity contribution is 0.147. The van der Waals surface area contributed by atoms with Gasteiger partial charge in [-0.2, -0.15) is 0 Å². The summed E-state index contributed by atoms with van der Waals surface area (Å²) < 4.78 is 1.84. The molecule has 1 N–H and O–H groups in total. The molecule has 2 amide bonds. The molecule has 0 unspecified atom stereocenters. The standard InChI is InChI=1S/C18H25N5O/c1-14(17-21-19-13-22(17)2)20-18(24)23-11-7-6-10-16(23)12-15-8-4-3-5-9-15/h3-5,8-9,13-14,16H,6-7,10-12H2,1-2H3,(H,20,24)/t14-,16+/m1/s1. The van der Waals surface area contributed by atoms with Gasteiger partial charge < -0.3 is 14.8 Å². The zero-order valence-electron chi connectivity index (χ0n) is 14.4. The second kappa shape index (κ2) is 7.47. The molecule has 2 atom stereocenters. The van der Waals surface area contributed by atoms with Gasteiger partial charge in [-0.3, -0.25) is 0 Å². The number of carbonyl (C=O) groups excluding carboxylic acids is 1. The van der Waals surface area contributed by atoms with Crippen molar-refractivity contribution in [3.8, 4) is 0 Å². The molecule has 3 rings (SSSR count). The third kappa shape index (κ3) is 3.75. The van der Waals surface area contributed by atoms with Crippen molar-refractivity contribution in [2.75, 3.05) is 6.54 Å². The van der Waals surface area contributed by atoms with Crippen LogP contribution in [0.1, 0.15) is 43.6 Å². The van der Waals surface area contributed by atoms with Crippen molar-refractivity contribution < 1.29 is 4.79 Å². The van der Waals surface area contributed by atoms with Gasteiger partial charge in [0.1, 0.15) is 6.33 Å². The maximum atomic E-state index is 12.8. The Kier molecular flexibility index (Phi) is 5.13. The first-order valence-electron chi connectivity index (χ1n) is 8.60. The van der Waals surface area contributed by atoms with Crippen LogP contribution in [0.25, 0.3) is 0 Å². The Hall–Kier alpha value is -2.37. The van der Waals surface area contributed by atoms with Gasteiger partial charge in [-0.05, 0) is 38.2 Å². The summed E-state index contributed by atoms with van der Waals surface area (Å²) in [6, 6.07) is 10.5. The summed E-state index contributed by atoms with van der Waals surface area (Å²) in [5.41, 5.74) is 1.28. The lowest BCUT2D eigenvalue weighted by Crippen LogP contribution is -2.50. The van der Waals surface area contributed by atoms with Gasteiger partial charge in [0.2, 0.25) is 0 Å². The molecule has 0 bridgehead atoms. The molecule has 0 spiro atoms. The van der Waals surface area contributed by atoms with Crippen molar-refractivity contribution in [3.63, 3.8) is 0 Å². The highest BCUT2D eigenvalue weighted by molar-refractivity contribution is 5.75. The number of carbonyl (C=O) groups is 1. The van der Waals surface area contributed by atoms with Crippen LogP contribution in [-0.2, 0) is 13.5 Å². The van der Waals surface area contributed by atoms with E-state index in [1.165, 1.54) is 12.0 Å². The van der Waals surface area contributed by atoms with Gasteiger partial charge in [0.15, 0.2) is 5.82 Å². The van der Waals surface area contributed by atoms with E-state index in [0.29, 0.717) is 0 Å². The molecule has 1 fully saturated rings. The molecule has 2 aromatic rings. The van der Waals surface area contributed by atoms with E-state index >= 15 is 0 Å². The molecule has 0 saturated carbocycles. The van der Waals surface area contributed by atoms with Crippen molar-refractivity contribution in [1.29, 1.82) is 0 Å². The van der Waals surface area contributed by atoms with Gasteiger partial charge >= 0.3 is 6.03 Å². The van der Waals surface area contributed by atoms with Gasteiger partial charge in [-0.15, -0.1) is 10.2 Å². The number of piperidine rings is 1. The van der Waals surface area contributed by atoms with Crippen molar-refractivity contribution in [2.24, 2.45) is 7.05 Å². The van der Waals surface area contributed by atoms with Gasteiger partial charge in [0.25, 0.3) is 0 Å². The Morgan fingerprint density at radius 3 is 2.83 bits per heavy atom. The number of aryl methyl sites for hydroxylation is 1. The Morgan fingerprint density at radius 1 is 1.33 bits per heavy atom. The van der Waals surface area contributed by atoms with E-state index in [9.17, 15) is 4.79 Å². The molecule has 6 nitrogen and oxygen atoms in total. The van der Waals surface area contributed by atoms with Crippen LogP contribution in [0.5, 0.6) is 0 Å². The van der Waals surface area contributed by atoms with E-state index in [-0.39, 0.29) is 18.1 Å². The minimum Gasteiger partial charge on any atom is -0.328 e. The number of urea groups is 1. The third-order valence-electron chi connectivity index (χ3n) is 4.68. The summed E-state index contributed by atoms with van der Waals surface area (Å²) in [5.74, 6) is 0.764. The quantitative estimate of drug-likeness (QED) is 0.939. The van der Waals surface area contributed by atoms with Crippen LogP contribution in [0.15, 0.2) is 36.7 Å². The van der Waals surface area contributed by atoms with E-state index in [4.69, 9.17) is 0 Å². The first-order chi connectivity index (χ1) is 11.6. The summed E-state index contributed by atoms with van der Waals surface area (Å²) in [6.45, 7) is 2.76. The molecule has 0 aliphatic carbocycles. The van der Waals surface area contributed by atoms with Crippen LogP contribution in [0, 0.1) is 0 Å². The van der Waals surface area contributed by atoms with E-state index < -0.39 is 0 Å². The number of aromatic nitrogens is 3. The second-order valence-electron chi connectivity index (χ2n) is 6.50. The molecule has 6 heteroatoms. The minimum atomic E-state index is -0.163. The molecule has 2 heterocycles. The monoisotopic (exact) mass is 327 g/mol. The van der Waals surface area contributed by atoms with Crippen LogP contribution in [-0.4, -0.2) is 38.3 Å². The fraction of sp³-hybridized carbons (Fsp3) is 0.500. The third-order valence-corrected chi connectivity index (χ3v) is 4.68. The maximum Gasteiger partial charge on any atom is 0.318 e. The smallest absolute Gasteiger partial charge is 0.318 e. The fourth-order valence-corrected chi connectivity index (χ4v) is 3.38. The summed E-state index contributed by atoms with van der Waals surface area (Å²) in [5, 5.41) is 11.0. The van der Waals surface area contributed by atoms with Crippen molar-refractivity contribution >= 4 is 6.03 Å². The van der Waals surface area contributed by atoms with Crippen LogP contribution >= 0.6 is 0 Å². The van der Waals surface area contributed by atoms with Crippen LogP contribution in [0.2, 0.25) is 0 Å². The molecule has 1 aliphatic rings. The highest BCUT2D eigenvalue weighted by Crippen LogP contribution is 2.21. The molecule has 128 valence electrons. The number of amides is 2. The predicted octanol–water partition coefficient (Wildman–Crippen LogP) is 2.68. The summed E-state index contributed by atoms with van der Waals surface area (Å²) in [7, 11) is 1.89. The molecule has 0 radical (unpaired) electrons. The minimum absolute atomic E-state index is 0.00821. The molecule has 1 aromatic heterocycles. The Morgan fingerprint density at radius 2 is 2.12 bits per heavy atom. The zero-order chi connectivity index (χ0) is 16.9. The highest BCUT2D eigenvalue weighted by atomic mass is 16.2. The summed E-state index contributed by atoms with van der Waals surface area (Å²) >= 11 is 0. The van der Waals surface area contributed by atoms with Crippen molar-refractivity contribution in [1.82, 2.24) is 25.0 Å². The van der Waals surface area contributed by atoms with Crippen LogP contribution in [0.3, 0.4) is 0 Å². The van der Waals surface area contributed by atoms with Crippen molar-refractivity contribution in [2.45, 2.75) is 44.7 Å². The Bertz CT molecular complexity index is 669. The normalized spacial score (nSPS) is 19.1. The van der Waals surface area contributed by atoms with Gasteiger partial charge in [0.05, 0.1) is 6.04 Å². The van der Waals surface area contributed by atoms with E-state index in [1.807, 2.05) is 29.5 Å². The number of hydrogen-bond donors (Lipinski definition) is 1. The largest absolute Gasteiger partial charge is 0.328 e. The maximum absolute atomic E-state index is 12.8. The first-order valence-corrected chi connectivity index (χ1v) is 8.60. The lowest BCUT2D eigenvalue weighted by Gasteiger charge is -2.36. The van der Waals surface area contributed by atoms with Crippen LogP contribution in [0.4, 0.5) is 4.79 Å². The molecule has 24 heavy (non-hydrogen) atoms. The number of hydrogen-bond acceptors (Lipinski definition) is 3. The molecular weight excluding hydrogens is 302 g/mol. The topological polar surface area (TPSA) is 63.1 Å². The van der Waals surface area contributed by atoms with Crippen LogP contribution < -0.4 is 5.32 Å². The highest BCUT2D eigenvalue weighted by Gasteiger charge is 2.28. The summed E-state index contributed by atoms with van der Waals surface area (Å²) in [4.78, 5) is 14.8. The first kappa shape index (κ1) is 16.5. The van der Waals surface area contributed by atoms with E-state index in [0.717, 1.165) is 31.6 Å². The van der Waals surface area contributed by atoms with E-state index in [1.54, 1.807) is 6.33 Å². The summed E-state index contributed by atoms with van der Waals surface area (Å²) in [6.07, 6.45) is 5.86.